The number of hydrogen-bond donors (Lipinski definition) is 0. The average molecular weight is 547 g/mol. The van der Waals surface area contributed by atoms with Gasteiger partial charge in [-0.15, -0.1) is 10.2 Å². The molecule has 2 heterocycles. The quantitative estimate of drug-likeness (QED) is 0.195. The van der Waals surface area contributed by atoms with Gasteiger partial charge in [-0.05, 0) is 79.6 Å². The molecule has 1 fully saturated rings. The van der Waals surface area contributed by atoms with Crippen LogP contribution in [0.4, 0.5) is 17.6 Å². The van der Waals surface area contributed by atoms with E-state index in [1.165, 1.54) is 17.7 Å². The lowest BCUT2D eigenvalue weighted by atomic mass is 9.54. The van der Waals surface area contributed by atoms with Gasteiger partial charge in [0.25, 0.3) is 0 Å². The third kappa shape index (κ3) is 3.93. The van der Waals surface area contributed by atoms with Gasteiger partial charge in [-0.1, -0.05) is 42.3 Å². The summed E-state index contributed by atoms with van der Waals surface area (Å²) in [6.45, 7) is 2.13. The molecule has 0 N–H and O–H groups in total. The Kier molecular flexibility index (Phi) is 5.63. The number of benzene rings is 2. The van der Waals surface area contributed by atoms with Crippen LogP contribution in [0.5, 0.6) is 0 Å². The van der Waals surface area contributed by atoms with Gasteiger partial charge >= 0.3 is 6.18 Å². The first-order valence-corrected chi connectivity index (χ1v) is 13.4. The summed E-state index contributed by atoms with van der Waals surface area (Å²) in [6, 6.07) is 15.3. The number of nitrogens with zero attached hydrogens (tertiary/aromatic N) is 4. The molecular formula is C31H26F4N4O. The second-order valence-electron chi connectivity index (χ2n) is 11.1. The third-order valence-corrected chi connectivity index (χ3v) is 8.91. The summed E-state index contributed by atoms with van der Waals surface area (Å²) >= 11 is 0. The zero-order valence-corrected chi connectivity index (χ0v) is 21.7. The fourth-order valence-corrected chi connectivity index (χ4v) is 6.98. The first-order chi connectivity index (χ1) is 19.2. The van der Waals surface area contributed by atoms with Gasteiger partial charge < -0.3 is 4.42 Å². The maximum absolute atomic E-state index is 14.4. The molecule has 40 heavy (non-hydrogen) atoms. The molecule has 4 atom stereocenters. The van der Waals surface area contributed by atoms with Crippen molar-refractivity contribution in [2.24, 2.45) is 17.3 Å². The predicted octanol–water partition coefficient (Wildman–Crippen LogP) is 7.71. The van der Waals surface area contributed by atoms with Gasteiger partial charge in [-0.3, -0.25) is 0 Å². The second kappa shape index (κ2) is 9.01. The van der Waals surface area contributed by atoms with Crippen molar-refractivity contribution >= 4 is 6.08 Å². The number of alkyl halides is 3. The Hall–Kier alpha value is -4.01. The highest BCUT2D eigenvalue weighted by molar-refractivity contribution is 5.64. The van der Waals surface area contributed by atoms with Crippen molar-refractivity contribution in [2.75, 3.05) is 0 Å². The van der Waals surface area contributed by atoms with Crippen LogP contribution >= 0.6 is 0 Å². The molecular weight excluding hydrogens is 520 g/mol. The molecule has 4 aromatic rings. The summed E-state index contributed by atoms with van der Waals surface area (Å²) in [7, 11) is 0. The van der Waals surface area contributed by atoms with Crippen molar-refractivity contribution in [3.63, 3.8) is 0 Å². The number of allylic oxidation sites excluding steroid dienone is 3. The van der Waals surface area contributed by atoms with Gasteiger partial charge in [0.05, 0.1) is 29.4 Å². The van der Waals surface area contributed by atoms with Gasteiger partial charge in [0.1, 0.15) is 5.82 Å². The Bertz CT molecular complexity index is 1630. The molecule has 0 amide bonds. The number of fused-ring (bicyclic) bond motifs is 4. The van der Waals surface area contributed by atoms with E-state index in [9.17, 15) is 17.6 Å². The van der Waals surface area contributed by atoms with Crippen LogP contribution in [0.2, 0.25) is 0 Å². The van der Waals surface area contributed by atoms with Crippen LogP contribution in [-0.2, 0) is 6.42 Å². The van der Waals surface area contributed by atoms with Crippen molar-refractivity contribution < 1.29 is 22.0 Å². The molecule has 1 saturated carbocycles. The van der Waals surface area contributed by atoms with Crippen molar-refractivity contribution in [1.82, 2.24) is 20.0 Å². The Morgan fingerprint density at radius 2 is 1.80 bits per heavy atom. The Labute approximate surface area is 228 Å². The molecule has 0 saturated heterocycles. The van der Waals surface area contributed by atoms with E-state index in [0.29, 0.717) is 24.8 Å². The van der Waals surface area contributed by atoms with E-state index >= 15 is 0 Å². The van der Waals surface area contributed by atoms with Crippen LogP contribution in [0.1, 0.15) is 49.3 Å². The summed E-state index contributed by atoms with van der Waals surface area (Å²) in [5.74, 6) is -2.96. The zero-order chi connectivity index (χ0) is 27.6. The fraction of sp³-hybridized carbons (Fsp3) is 0.323. The molecule has 3 aliphatic carbocycles. The van der Waals surface area contributed by atoms with Crippen LogP contribution in [0, 0.1) is 23.1 Å². The number of hydrogen-bond acceptors (Lipinski definition) is 4. The molecule has 0 aliphatic heterocycles. The SMILES string of the molecule is C[C@]12Cc3cnn(-c4ccc(F)cc4)c3C=C1CCC1C2=CC[C@@H](C(F)(F)F)[C@@H]1c1nnc(-c2ccccc2)o1. The smallest absolute Gasteiger partial charge is 0.392 e. The first kappa shape index (κ1) is 25.0. The van der Waals surface area contributed by atoms with Crippen molar-refractivity contribution in [2.45, 2.75) is 44.7 Å². The molecule has 9 heteroatoms. The van der Waals surface area contributed by atoms with Crippen molar-refractivity contribution in [1.29, 1.82) is 0 Å². The normalized spacial score (nSPS) is 25.9. The summed E-state index contributed by atoms with van der Waals surface area (Å²) < 4.78 is 64.5. The second-order valence-corrected chi connectivity index (χ2v) is 11.1. The van der Waals surface area contributed by atoms with E-state index in [1.54, 1.807) is 28.9 Å². The Morgan fingerprint density at radius 3 is 2.55 bits per heavy atom. The highest BCUT2D eigenvalue weighted by Crippen LogP contribution is 2.61. The van der Waals surface area contributed by atoms with E-state index < -0.39 is 23.4 Å². The molecule has 0 bridgehead atoms. The summed E-state index contributed by atoms with van der Waals surface area (Å²) in [4.78, 5) is 0. The number of aromatic nitrogens is 4. The average Bonchev–Trinajstić information content (AvgIpc) is 3.59. The molecule has 204 valence electrons. The van der Waals surface area contributed by atoms with Crippen molar-refractivity contribution in [3.8, 4) is 17.1 Å². The maximum atomic E-state index is 14.4. The third-order valence-electron chi connectivity index (χ3n) is 8.91. The monoisotopic (exact) mass is 546 g/mol. The van der Waals surface area contributed by atoms with Crippen LogP contribution in [0.3, 0.4) is 0 Å². The van der Waals surface area contributed by atoms with Gasteiger partial charge in [-0.25, -0.2) is 9.07 Å². The van der Waals surface area contributed by atoms with Crippen LogP contribution in [0.25, 0.3) is 23.2 Å². The fourth-order valence-electron chi connectivity index (χ4n) is 6.98. The standard InChI is InChI=1S/C31H26F4N4O/c1-30-16-19-17-36-39(22-10-8-21(32)9-11-22)26(19)15-20(30)7-12-23-24(30)13-14-25(31(33,34)35)27(23)29-38-37-28(40-29)18-5-3-2-4-6-18/h2-6,8-11,13,15,17,23,25,27H,7,12,14,16H2,1H3/t23?,25-,27-,30+/m1/s1. The molecule has 5 nitrogen and oxygen atoms in total. The Morgan fingerprint density at radius 1 is 1.02 bits per heavy atom. The largest absolute Gasteiger partial charge is 0.420 e. The highest BCUT2D eigenvalue weighted by atomic mass is 19.4. The molecule has 0 spiro atoms. The lowest BCUT2D eigenvalue weighted by Crippen LogP contribution is -2.44. The molecule has 0 radical (unpaired) electrons. The van der Waals surface area contributed by atoms with E-state index in [1.807, 2.05) is 30.5 Å². The first-order valence-electron chi connectivity index (χ1n) is 13.4. The maximum Gasteiger partial charge on any atom is 0.392 e. The van der Waals surface area contributed by atoms with Crippen LogP contribution < -0.4 is 0 Å². The van der Waals surface area contributed by atoms with E-state index in [2.05, 4.69) is 28.3 Å². The summed E-state index contributed by atoms with van der Waals surface area (Å²) in [6.07, 6.45) is 3.04. The van der Waals surface area contributed by atoms with Crippen molar-refractivity contribution in [3.05, 3.63) is 101 Å². The summed E-state index contributed by atoms with van der Waals surface area (Å²) in [5, 5.41) is 12.9. The minimum atomic E-state index is -4.40. The highest BCUT2D eigenvalue weighted by Gasteiger charge is 2.56. The molecule has 3 aliphatic rings. The topological polar surface area (TPSA) is 56.7 Å². The van der Waals surface area contributed by atoms with Crippen LogP contribution in [-0.4, -0.2) is 26.2 Å². The molecule has 7 rings (SSSR count). The predicted molar refractivity (Wildman–Crippen MR) is 141 cm³/mol. The van der Waals surface area contributed by atoms with E-state index in [4.69, 9.17) is 4.42 Å². The van der Waals surface area contributed by atoms with Crippen LogP contribution in [0.15, 0.2) is 82.4 Å². The lowest BCUT2D eigenvalue weighted by Gasteiger charge is -2.50. The number of halogens is 4. The number of rotatable bonds is 3. The Balaban J connectivity index is 1.27. The van der Waals surface area contributed by atoms with E-state index in [-0.39, 0.29) is 29.9 Å². The molecule has 2 aromatic heterocycles. The van der Waals surface area contributed by atoms with E-state index in [0.717, 1.165) is 22.5 Å². The molecule has 1 unspecified atom stereocenters. The van der Waals surface area contributed by atoms with Gasteiger partial charge in [0, 0.05) is 11.0 Å². The zero-order valence-electron chi connectivity index (χ0n) is 21.7. The van der Waals surface area contributed by atoms with Gasteiger partial charge in [0.2, 0.25) is 11.8 Å². The minimum absolute atomic E-state index is 0.0495. The lowest BCUT2D eigenvalue weighted by molar-refractivity contribution is -0.187. The minimum Gasteiger partial charge on any atom is -0.420 e. The van der Waals surface area contributed by atoms with Gasteiger partial charge in [-0.2, -0.15) is 18.3 Å². The van der Waals surface area contributed by atoms with Gasteiger partial charge in [0.15, 0.2) is 0 Å². The molecule has 2 aromatic carbocycles. The summed E-state index contributed by atoms with van der Waals surface area (Å²) in [5.41, 5.74) is 5.12.